The minimum absolute atomic E-state index is 0.00106. The van der Waals surface area contributed by atoms with Gasteiger partial charge >= 0.3 is 10.2 Å². The van der Waals surface area contributed by atoms with Gasteiger partial charge in [-0.3, -0.25) is 4.72 Å². The monoisotopic (exact) mass is 523 g/mol. The van der Waals surface area contributed by atoms with Crippen LogP contribution < -0.4 is 15.4 Å². The summed E-state index contributed by atoms with van der Waals surface area (Å²) in [6, 6.07) is 4.29. The zero-order valence-electron chi connectivity index (χ0n) is 20.3. The Morgan fingerprint density at radius 1 is 1.20 bits per heavy atom. The first-order valence-electron chi connectivity index (χ1n) is 11.1. The summed E-state index contributed by atoms with van der Waals surface area (Å²) in [6.45, 7) is 1.59. The van der Waals surface area contributed by atoms with Crippen LogP contribution in [0, 0.1) is 5.82 Å². The van der Waals surface area contributed by atoms with Crippen LogP contribution in [0.15, 0.2) is 42.2 Å². The van der Waals surface area contributed by atoms with E-state index in [4.69, 9.17) is 11.6 Å². The zero-order valence-corrected chi connectivity index (χ0v) is 21.8. The Hall–Kier alpha value is -2.73. The molecular formula is C23H31ClFN7O2S. The summed E-state index contributed by atoms with van der Waals surface area (Å²) in [6.07, 6.45) is 7.67. The molecule has 0 saturated heterocycles. The number of allylic oxidation sites excluding steroid dienone is 4. The van der Waals surface area contributed by atoms with Crippen molar-refractivity contribution in [2.45, 2.75) is 19.3 Å². The minimum Gasteiger partial charge on any atom is -0.369 e. The average Bonchev–Trinajstić information content (AvgIpc) is 2.79. The third-order valence-electron chi connectivity index (χ3n) is 5.20. The van der Waals surface area contributed by atoms with Crippen molar-refractivity contribution in [3.8, 4) is 0 Å². The fourth-order valence-corrected chi connectivity index (χ4v) is 4.18. The summed E-state index contributed by atoms with van der Waals surface area (Å²) < 4.78 is 41.8. The van der Waals surface area contributed by atoms with E-state index < -0.39 is 16.0 Å². The number of hydrogen-bond donors (Lipinski definition) is 3. The topological polar surface area (TPSA) is 102 Å². The zero-order chi connectivity index (χ0) is 25.6. The van der Waals surface area contributed by atoms with Crippen LogP contribution in [0.4, 0.5) is 21.8 Å². The Labute approximate surface area is 211 Å². The van der Waals surface area contributed by atoms with Crippen molar-refractivity contribution in [1.29, 1.82) is 0 Å². The fourth-order valence-electron chi connectivity index (χ4n) is 3.32. The Morgan fingerprint density at radius 3 is 2.66 bits per heavy atom. The van der Waals surface area contributed by atoms with Crippen LogP contribution in [0.5, 0.6) is 0 Å². The molecule has 3 rings (SSSR count). The normalized spacial score (nSPS) is 14.1. The molecule has 9 nitrogen and oxygen atoms in total. The summed E-state index contributed by atoms with van der Waals surface area (Å²) in [7, 11) is 3.39. The van der Waals surface area contributed by atoms with Crippen LogP contribution in [0.25, 0.3) is 5.57 Å². The lowest BCUT2D eigenvalue weighted by molar-refractivity contribution is 0.405. The van der Waals surface area contributed by atoms with Gasteiger partial charge in [-0.25, -0.2) is 9.37 Å². The molecule has 1 heterocycles. The fraction of sp³-hybridized carbons (Fsp3) is 0.391. The summed E-state index contributed by atoms with van der Waals surface area (Å²) in [4.78, 5) is 11.2. The quantitative estimate of drug-likeness (QED) is 0.385. The van der Waals surface area contributed by atoms with Crippen molar-refractivity contribution in [2.75, 3.05) is 51.9 Å². The first kappa shape index (κ1) is 26.9. The summed E-state index contributed by atoms with van der Waals surface area (Å²) >= 11 is 5.89. The maximum absolute atomic E-state index is 13.5. The summed E-state index contributed by atoms with van der Waals surface area (Å²) in [5.74, 6) is 0.419. The third kappa shape index (κ3) is 7.63. The molecule has 0 radical (unpaired) electrons. The van der Waals surface area contributed by atoms with Gasteiger partial charge in [-0.15, -0.1) is 0 Å². The minimum atomic E-state index is -3.60. The number of halogens is 2. The van der Waals surface area contributed by atoms with E-state index in [-0.39, 0.29) is 5.02 Å². The van der Waals surface area contributed by atoms with Crippen LogP contribution in [-0.2, 0) is 10.2 Å². The molecule has 1 aromatic carbocycles. The molecule has 190 valence electrons. The Bertz CT molecular complexity index is 1220. The standard InChI is InChI=1S/C23H31ClFN7O2S/c1-31(2)12-6-11-26-22-19(16-7-5-8-18(13-16)30-35(33,34)32(3)4)15-27-23(29-22)28-17-9-10-21(25)20(24)14-17/h7,9-10,13-15,30H,5-6,8,11-12H2,1-4H3,(H2,26,27,28,29). The van der Waals surface area contributed by atoms with Crippen LogP contribution in [0.1, 0.15) is 24.8 Å². The molecule has 1 aliphatic rings. The molecule has 0 unspecified atom stereocenters. The lowest BCUT2D eigenvalue weighted by Gasteiger charge is -2.20. The largest absolute Gasteiger partial charge is 0.369 e. The molecule has 1 aliphatic carbocycles. The molecule has 0 saturated carbocycles. The van der Waals surface area contributed by atoms with Crippen molar-refractivity contribution < 1.29 is 12.8 Å². The van der Waals surface area contributed by atoms with Gasteiger partial charge in [0.15, 0.2) is 0 Å². The van der Waals surface area contributed by atoms with Crippen LogP contribution in [-0.4, -0.2) is 68.9 Å². The van der Waals surface area contributed by atoms with Crippen molar-refractivity contribution in [2.24, 2.45) is 0 Å². The van der Waals surface area contributed by atoms with Gasteiger partial charge in [-0.1, -0.05) is 17.7 Å². The highest BCUT2D eigenvalue weighted by Gasteiger charge is 2.19. The molecule has 1 aromatic heterocycles. The first-order chi connectivity index (χ1) is 16.5. The molecule has 35 heavy (non-hydrogen) atoms. The lowest BCUT2D eigenvalue weighted by Crippen LogP contribution is -2.35. The van der Waals surface area contributed by atoms with Gasteiger partial charge in [0.1, 0.15) is 11.6 Å². The summed E-state index contributed by atoms with van der Waals surface area (Å²) in [5.41, 5.74) is 2.72. The van der Waals surface area contributed by atoms with E-state index in [1.54, 1.807) is 18.3 Å². The predicted molar refractivity (Wildman–Crippen MR) is 139 cm³/mol. The molecule has 3 N–H and O–H groups in total. The molecule has 0 aliphatic heterocycles. The van der Waals surface area contributed by atoms with Gasteiger partial charge in [0.2, 0.25) is 5.95 Å². The molecule has 0 bridgehead atoms. The molecule has 2 aromatic rings. The Balaban J connectivity index is 1.88. The number of hydrogen-bond acceptors (Lipinski definition) is 7. The number of nitrogens with one attached hydrogen (secondary N) is 3. The number of anilines is 3. The smallest absolute Gasteiger partial charge is 0.300 e. The number of nitrogens with zero attached hydrogens (tertiary/aromatic N) is 4. The Morgan fingerprint density at radius 2 is 1.97 bits per heavy atom. The van der Waals surface area contributed by atoms with E-state index in [1.165, 1.54) is 26.2 Å². The van der Waals surface area contributed by atoms with Crippen molar-refractivity contribution in [1.82, 2.24) is 23.9 Å². The van der Waals surface area contributed by atoms with E-state index >= 15 is 0 Å². The van der Waals surface area contributed by atoms with E-state index in [0.717, 1.165) is 28.4 Å². The van der Waals surface area contributed by atoms with Crippen LogP contribution in [0.3, 0.4) is 0 Å². The van der Waals surface area contributed by atoms with Gasteiger partial charge in [0.25, 0.3) is 0 Å². The van der Waals surface area contributed by atoms with E-state index in [9.17, 15) is 12.8 Å². The third-order valence-corrected chi connectivity index (χ3v) is 6.97. The second kappa shape index (κ2) is 11.8. The molecular weight excluding hydrogens is 493 g/mol. The van der Waals surface area contributed by atoms with Gasteiger partial charge in [0, 0.05) is 43.8 Å². The highest BCUT2D eigenvalue weighted by atomic mass is 35.5. The molecule has 0 atom stereocenters. The molecule has 0 spiro atoms. The van der Waals surface area contributed by atoms with E-state index in [2.05, 4.69) is 30.2 Å². The predicted octanol–water partition coefficient (Wildman–Crippen LogP) is 3.83. The second-order valence-corrected chi connectivity index (χ2v) is 10.8. The van der Waals surface area contributed by atoms with Crippen molar-refractivity contribution >= 4 is 44.8 Å². The second-order valence-electron chi connectivity index (χ2n) is 8.55. The van der Waals surface area contributed by atoms with Gasteiger partial charge in [0.05, 0.1) is 5.02 Å². The first-order valence-corrected chi connectivity index (χ1v) is 13.0. The summed E-state index contributed by atoms with van der Waals surface area (Å²) in [5, 5.41) is 6.42. The average molecular weight is 524 g/mol. The van der Waals surface area contributed by atoms with Crippen LogP contribution in [0.2, 0.25) is 5.02 Å². The number of rotatable bonds is 11. The maximum atomic E-state index is 13.5. The lowest BCUT2D eigenvalue weighted by atomic mass is 9.99. The molecule has 12 heteroatoms. The van der Waals surface area contributed by atoms with E-state index in [0.29, 0.717) is 42.5 Å². The van der Waals surface area contributed by atoms with Crippen molar-refractivity contribution in [3.63, 3.8) is 0 Å². The highest BCUT2D eigenvalue weighted by molar-refractivity contribution is 7.87. The highest BCUT2D eigenvalue weighted by Crippen LogP contribution is 2.30. The van der Waals surface area contributed by atoms with Gasteiger partial charge in [-0.2, -0.15) is 17.7 Å². The van der Waals surface area contributed by atoms with Gasteiger partial charge < -0.3 is 15.5 Å². The van der Waals surface area contributed by atoms with Gasteiger partial charge in [-0.05, 0) is 69.8 Å². The molecule has 0 fully saturated rings. The van der Waals surface area contributed by atoms with E-state index in [1.807, 2.05) is 20.2 Å². The SMILES string of the molecule is CN(C)CCCNc1nc(Nc2ccc(F)c(Cl)c2)ncc1C1=CCCC(NS(=O)(=O)N(C)C)=C1. The maximum Gasteiger partial charge on any atom is 0.300 e. The number of benzene rings is 1. The number of aromatic nitrogens is 2. The molecule has 0 amide bonds. The van der Waals surface area contributed by atoms with Crippen LogP contribution >= 0.6 is 11.6 Å². The van der Waals surface area contributed by atoms with Crippen molar-refractivity contribution in [3.05, 3.63) is 58.6 Å². The Kier molecular flexibility index (Phi) is 9.06.